The number of ether oxygens (including phenoxy) is 2. The second-order valence-electron chi connectivity index (χ2n) is 4.51. The van der Waals surface area contributed by atoms with Crippen LogP contribution in [0.4, 0.5) is 4.39 Å². The molecule has 0 saturated heterocycles. The smallest absolute Gasteiger partial charge is 0.165 e. The second-order valence-corrected chi connectivity index (χ2v) is 4.51. The van der Waals surface area contributed by atoms with Gasteiger partial charge < -0.3 is 9.47 Å². The summed E-state index contributed by atoms with van der Waals surface area (Å²) < 4.78 is 24.0. The van der Waals surface area contributed by atoms with Gasteiger partial charge in [-0.2, -0.15) is 0 Å². The van der Waals surface area contributed by atoms with Crippen LogP contribution in [0.15, 0.2) is 18.2 Å². The number of hydrogen-bond acceptors (Lipinski definition) is 4. The van der Waals surface area contributed by atoms with Crippen LogP contribution in [0.1, 0.15) is 25.3 Å². The molecule has 2 atom stereocenters. The molecule has 2 unspecified atom stereocenters. The van der Waals surface area contributed by atoms with E-state index in [9.17, 15) is 4.39 Å². The minimum absolute atomic E-state index is 0.0140. The molecule has 0 bridgehead atoms. The summed E-state index contributed by atoms with van der Waals surface area (Å²) in [4.78, 5) is 0. The van der Waals surface area contributed by atoms with E-state index in [0.29, 0.717) is 6.42 Å². The number of methoxy groups -OCH3 is 2. The molecule has 0 aliphatic heterocycles. The van der Waals surface area contributed by atoms with Gasteiger partial charge in [0, 0.05) is 7.11 Å². The second kappa shape index (κ2) is 8.09. The lowest BCUT2D eigenvalue weighted by Gasteiger charge is -2.25. The molecule has 0 spiro atoms. The van der Waals surface area contributed by atoms with Crippen LogP contribution in [-0.4, -0.2) is 26.4 Å². The van der Waals surface area contributed by atoms with Gasteiger partial charge in [-0.3, -0.25) is 11.3 Å². The first-order valence-corrected chi connectivity index (χ1v) is 6.47. The van der Waals surface area contributed by atoms with Gasteiger partial charge in [-0.1, -0.05) is 19.4 Å². The van der Waals surface area contributed by atoms with Gasteiger partial charge in [0.1, 0.15) is 0 Å². The lowest BCUT2D eigenvalue weighted by atomic mass is 9.98. The third kappa shape index (κ3) is 4.45. The standard InChI is InChI=1S/C14H23FN2O2/c1-4-5-14(19-3)12(17-16)9-10-6-7-13(18-2)11(15)8-10/h6-8,12,14,17H,4-5,9,16H2,1-3H3. The summed E-state index contributed by atoms with van der Waals surface area (Å²) in [6.07, 6.45) is 2.54. The monoisotopic (exact) mass is 270 g/mol. The summed E-state index contributed by atoms with van der Waals surface area (Å²) in [6, 6.07) is 4.89. The molecule has 19 heavy (non-hydrogen) atoms. The van der Waals surface area contributed by atoms with Crippen LogP contribution in [0.5, 0.6) is 5.75 Å². The molecule has 0 radical (unpaired) electrons. The number of halogens is 1. The molecule has 4 nitrogen and oxygen atoms in total. The first-order valence-electron chi connectivity index (χ1n) is 6.47. The van der Waals surface area contributed by atoms with Gasteiger partial charge in [-0.05, 0) is 30.5 Å². The largest absolute Gasteiger partial charge is 0.494 e. The maximum atomic E-state index is 13.6. The molecule has 3 N–H and O–H groups in total. The summed E-state index contributed by atoms with van der Waals surface area (Å²) in [5, 5.41) is 0. The number of hydrazine groups is 1. The highest BCUT2D eigenvalue weighted by Gasteiger charge is 2.20. The minimum Gasteiger partial charge on any atom is -0.494 e. The maximum Gasteiger partial charge on any atom is 0.165 e. The topological polar surface area (TPSA) is 56.5 Å². The van der Waals surface area contributed by atoms with Crippen LogP contribution in [0.3, 0.4) is 0 Å². The molecular formula is C14H23FN2O2. The van der Waals surface area contributed by atoms with E-state index in [1.807, 2.05) is 6.07 Å². The van der Waals surface area contributed by atoms with E-state index >= 15 is 0 Å². The predicted molar refractivity (Wildman–Crippen MR) is 73.5 cm³/mol. The molecule has 5 heteroatoms. The number of rotatable bonds is 8. The number of benzene rings is 1. The Labute approximate surface area is 114 Å². The molecule has 0 aromatic heterocycles. The number of nitrogens with two attached hydrogens (primary N) is 1. The van der Waals surface area contributed by atoms with E-state index in [1.165, 1.54) is 13.2 Å². The molecule has 0 aliphatic rings. The van der Waals surface area contributed by atoms with Crippen molar-refractivity contribution in [3.05, 3.63) is 29.6 Å². The SMILES string of the molecule is CCCC(OC)C(Cc1ccc(OC)c(F)c1)NN. The van der Waals surface area contributed by atoms with Crippen LogP contribution in [-0.2, 0) is 11.2 Å². The van der Waals surface area contributed by atoms with Crippen LogP contribution >= 0.6 is 0 Å². The molecular weight excluding hydrogens is 247 g/mol. The fourth-order valence-corrected chi connectivity index (χ4v) is 2.16. The average molecular weight is 270 g/mol. The average Bonchev–Trinajstić information content (AvgIpc) is 2.42. The molecule has 0 amide bonds. The Morgan fingerprint density at radius 1 is 1.37 bits per heavy atom. The lowest BCUT2D eigenvalue weighted by Crippen LogP contribution is -2.46. The molecule has 0 aliphatic carbocycles. The lowest BCUT2D eigenvalue weighted by molar-refractivity contribution is 0.0609. The van der Waals surface area contributed by atoms with Crippen molar-refractivity contribution >= 4 is 0 Å². The zero-order valence-electron chi connectivity index (χ0n) is 11.8. The van der Waals surface area contributed by atoms with Crippen LogP contribution in [0.25, 0.3) is 0 Å². The Morgan fingerprint density at radius 2 is 2.11 bits per heavy atom. The highest BCUT2D eigenvalue weighted by molar-refractivity contribution is 5.29. The van der Waals surface area contributed by atoms with Crippen molar-refractivity contribution in [1.82, 2.24) is 5.43 Å². The normalized spacial score (nSPS) is 14.2. The Kier molecular flexibility index (Phi) is 6.77. The Bertz CT molecular complexity index is 388. The van der Waals surface area contributed by atoms with Crippen molar-refractivity contribution < 1.29 is 13.9 Å². The van der Waals surface area contributed by atoms with Gasteiger partial charge in [-0.25, -0.2) is 4.39 Å². The van der Waals surface area contributed by atoms with E-state index in [1.54, 1.807) is 13.2 Å². The van der Waals surface area contributed by atoms with Gasteiger partial charge in [0.25, 0.3) is 0 Å². The predicted octanol–water partition coefficient (Wildman–Crippen LogP) is 2.02. The van der Waals surface area contributed by atoms with Crippen molar-refractivity contribution in [2.75, 3.05) is 14.2 Å². The van der Waals surface area contributed by atoms with Crippen LogP contribution in [0.2, 0.25) is 0 Å². The third-order valence-electron chi connectivity index (χ3n) is 3.21. The van der Waals surface area contributed by atoms with Crippen molar-refractivity contribution in [3.8, 4) is 5.75 Å². The minimum atomic E-state index is -0.361. The van der Waals surface area contributed by atoms with Crippen molar-refractivity contribution in [2.45, 2.75) is 38.3 Å². The quantitative estimate of drug-likeness (QED) is 0.560. The number of hydrogen-bond donors (Lipinski definition) is 2. The van der Waals surface area contributed by atoms with Gasteiger partial charge in [0.2, 0.25) is 0 Å². The molecule has 0 saturated carbocycles. The van der Waals surface area contributed by atoms with Gasteiger partial charge in [0.05, 0.1) is 19.3 Å². The van der Waals surface area contributed by atoms with Crippen molar-refractivity contribution in [3.63, 3.8) is 0 Å². The summed E-state index contributed by atoms with van der Waals surface area (Å²) in [5.41, 5.74) is 3.62. The van der Waals surface area contributed by atoms with E-state index in [0.717, 1.165) is 18.4 Å². The van der Waals surface area contributed by atoms with Crippen molar-refractivity contribution in [2.24, 2.45) is 5.84 Å². The summed E-state index contributed by atoms with van der Waals surface area (Å²) >= 11 is 0. The van der Waals surface area contributed by atoms with Crippen LogP contribution < -0.4 is 16.0 Å². The first-order chi connectivity index (χ1) is 9.15. The van der Waals surface area contributed by atoms with Gasteiger partial charge in [0.15, 0.2) is 11.6 Å². The third-order valence-corrected chi connectivity index (χ3v) is 3.21. The summed E-state index contributed by atoms with van der Waals surface area (Å²) in [7, 11) is 3.11. The van der Waals surface area contributed by atoms with E-state index in [4.69, 9.17) is 15.3 Å². The van der Waals surface area contributed by atoms with Gasteiger partial charge in [-0.15, -0.1) is 0 Å². The molecule has 0 heterocycles. The Morgan fingerprint density at radius 3 is 2.58 bits per heavy atom. The van der Waals surface area contributed by atoms with Gasteiger partial charge >= 0.3 is 0 Å². The highest BCUT2D eigenvalue weighted by atomic mass is 19.1. The fourth-order valence-electron chi connectivity index (χ4n) is 2.16. The number of nitrogens with one attached hydrogen (secondary N) is 1. The van der Waals surface area contributed by atoms with Crippen LogP contribution in [0, 0.1) is 5.82 Å². The summed E-state index contributed by atoms with van der Waals surface area (Å²) in [5.74, 6) is 5.46. The molecule has 108 valence electrons. The Balaban J connectivity index is 2.77. The van der Waals surface area contributed by atoms with E-state index in [-0.39, 0.29) is 23.7 Å². The highest BCUT2D eigenvalue weighted by Crippen LogP contribution is 2.19. The zero-order chi connectivity index (χ0) is 14.3. The van der Waals surface area contributed by atoms with Crippen molar-refractivity contribution in [1.29, 1.82) is 0 Å². The summed E-state index contributed by atoms with van der Waals surface area (Å²) in [6.45, 7) is 2.09. The van der Waals surface area contributed by atoms with E-state index < -0.39 is 0 Å². The molecule has 1 rings (SSSR count). The Hall–Kier alpha value is -1.17. The molecule has 1 aromatic carbocycles. The first kappa shape index (κ1) is 15.9. The fraction of sp³-hybridized carbons (Fsp3) is 0.571. The molecule has 1 aromatic rings. The maximum absolute atomic E-state index is 13.6. The molecule has 0 fully saturated rings. The zero-order valence-corrected chi connectivity index (χ0v) is 11.8. The van der Waals surface area contributed by atoms with E-state index in [2.05, 4.69) is 12.3 Å².